The number of benzene rings is 2. The van der Waals surface area contributed by atoms with Crippen LogP contribution in [0, 0.1) is 6.92 Å². The van der Waals surface area contributed by atoms with Crippen molar-refractivity contribution in [2.24, 2.45) is 0 Å². The minimum absolute atomic E-state index is 0.0194. The number of anilines is 1. The van der Waals surface area contributed by atoms with Crippen molar-refractivity contribution in [3.8, 4) is 0 Å². The molecule has 0 spiro atoms. The molecule has 0 bridgehead atoms. The van der Waals surface area contributed by atoms with Gasteiger partial charge in [0.2, 0.25) is 0 Å². The molecule has 0 radical (unpaired) electrons. The first kappa shape index (κ1) is 20.8. The Kier molecular flexibility index (Phi) is 5.25. The number of aromatic nitrogens is 1. The van der Waals surface area contributed by atoms with Gasteiger partial charge in [0.1, 0.15) is 0 Å². The van der Waals surface area contributed by atoms with Crippen molar-refractivity contribution in [1.82, 2.24) is 9.47 Å². The predicted molar refractivity (Wildman–Crippen MR) is 133 cm³/mol. The lowest BCUT2D eigenvalue weighted by atomic mass is 10.1. The standard InChI is InChI=1S/C26H27N3O2S/c1-4-28-22-8-6-5-7-20(22)24-21(25(28)30)15-23(32-24)26(31)27-13-14-29(18(3)16-27)19-11-9-17(2)10-12-19/h5-12,15,18H,4,13-14,16H2,1-3H3/t18-/m1/s1. The second-order valence-electron chi connectivity index (χ2n) is 8.55. The van der Waals surface area contributed by atoms with Gasteiger partial charge in [-0.3, -0.25) is 9.59 Å². The third-order valence-electron chi connectivity index (χ3n) is 6.45. The molecule has 5 nitrogen and oxygen atoms in total. The first-order valence-corrected chi connectivity index (χ1v) is 12.0. The summed E-state index contributed by atoms with van der Waals surface area (Å²) in [7, 11) is 0. The SMILES string of the molecule is CCn1c(=O)c2cc(C(=O)N3CCN(c4ccc(C)cc4)[C@H](C)C3)sc2c2ccccc21. The van der Waals surface area contributed by atoms with E-state index in [2.05, 4.69) is 43.0 Å². The van der Waals surface area contributed by atoms with Crippen molar-refractivity contribution in [3.63, 3.8) is 0 Å². The monoisotopic (exact) mass is 445 g/mol. The summed E-state index contributed by atoms with van der Waals surface area (Å²) in [6.07, 6.45) is 0. The van der Waals surface area contributed by atoms with Gasteiger partial charge in [0.05, 0.1) is 15.8 Å². The summed E-state index contributed by atoms with van der Waals surface area (Å²) in [4.78, 5) is 31.5. The van der Waals surface area contributed by atoms with Crippen LogP contribution in [0.2, 0.25) is 0 Å². The number of nitrogens with zero attached hydrogens (tertiary/aromatic N) is 3. The van der Waals surface area contributed by atoms with E-state index in [4.69, 9.17) is 0 Å². The van der Waals surface area contributed by atoms with Crippen molar-refractivity contribution < 1.29 is 4.79 Å². The number of pyridine rings is 1. The normalized spacial score (nSPS) is 16.8. The van der Waals surface area contributed by atoms with Crippen LogP contribution >= 0.6 is 11.3 Å². The lowest BCUT2D eigenvalue weighted by Gasteiger charge is -2.41. The number of rotatable bonds is 3. The summed E-state index contributed by atoms with van der Waals surface area (Å²) in [5, 5.41) is 1.68. The molecule has 0 saturated carbocycles. The van der Waals surface area contributed by atoms with Gasteiger partial charge in [0.15, 0.2) is 0 Å². The molecule has 1 amide bonds. The molecule has 0 N–H and O–H groups in total. The molecule has 0 aliphatic carbocycles. The Morgan fingerprint density at radius 1 is 1.06 bits per heavy atom. The smallest absolute Gasteiger partial charge is 0.264 e. The molecule has 1 fully saturated rings. The molecule has 164 valence electrons. The summed E-state index contributed by atoms with van der Waals surface area (Å²) >= 11 is 1.44. The lowest BCUT2D eigenvalue weighted by molar-refractivity contribution is 0.0731. The summed E-state index contributed by atoms with van der Waals surface area (Å²) in [6.45, 7) is 8.98. The van der Waals surface area contributed by atoms with Crippen molar-refractivity contribution in [3.05, 3.63) is 75.4 Å². The van der Waals surface area contributed by atoms with E-state index < -0.39 is 0 Å². The molecule has 4 aromatic rings. The maximum Gasteiger partial charge on any atom is 0.264 e. The third kappa shape index (κ3) is 3.39. The Bertz CT molecular complexity index is 1370. The highest BCUT2D eigenvalue weighted by atomic mass is 32.1. The van der Waals surface area contributed by atoms with E-state index in [1.807, 2.05) is 36.1 Å². The largest absolute Gasteiger partial charge is 0.365 e. The first-order valence-electron chi connectivity index (χ1n) is 11.2. The number of aryl methyl sites for hydroxylation is 2. The van der Waals surface area contributed by atoms with E-state index in [0.29, 0.717) is 29.9 Å². The zero-order valence-corrected chi connectivity index (χ0v) is 19.5. The van der Waals surface area contributed by atoms with Crippen LogP contribution in [0.25, 0.3) is 21.0 Å². The topological polar surface area (TPSA) is 45.6 Å². The van der Waals surface area contributed by atoms with Crippen LogP contribution in [-0.2, 0) is 6.54 Å². The van der Waals surface area contributed by atoms with Crippen molar-refractivity contribution >= 4 is 43.9 Å². The Labute approximate surface area is 191 Å². The first-order chi connectivity index (χ1) is 15.5. The Hall–Kier alpha value is -3.12. The molecule has 0 unspecified atom stereocenters. The Morgan fingerprint density at radius 2 is 1.81 bits per heavy atom. The molecule has 2 aromatic heterocycles. The fourth-order valence-corrected chi connectivity index (χ4v) is 5.89. The van der Waals surface area contributed by atoms with Crippen molar-refractivity contribution in [2.45, 2.75) is 33.4 Å². The quantitative estimate of drug-likeness (QED) is 0.451. The number of thiophene rings is 1. The minimum atomic E-state index is -0.0194. The number of hydrogen-bond acceptors (Lipinski definition) is 4. The molecule has 1 saturated heterocycles. The summed E-state index contributed by atoms with van der Waals surface area (Å²) in [5.74, 6) is 0.0214. The van der Waals surface area contributed by atoms with Crippen LogP contribution in [0.5, 0.6) is 0 Å². The predicted octanol–water partition coefficient (Wildman–Crippen LogP) is 4.90. The van der Waals surface area contributed by atoms with Gasteiger partial charge in [-0.05, 0) is 45.0 Å². The molecule has 6 heteroatoms. The summed E-state index contributed by atoms with van der Waals surface area (Å²) < 4.78 is 2.70. The average Bonchev–Trinajstić information content (AvgIpc) is 3.26. The van der Waals surface area contributed by atoms with E-state index in [-0.39, 0.29) is 17.5 Å². The Balaban J connectivity index is 1.45. The number of fused-ring (bicyclic) bond motifs is 3. The molecular weight excluding hydrogens is 418 g/mol. The van der Waals surface area contributed by atoms with Crippen LogP contribution < -0.4 is 10.5 Å². The average molecular weight is 446 g/mol. The minimum Gasteiger partial charge on any atom is -0.365 e. The van der Waals surface area contributed by atoms with Crippen LogP contribution in [0.3, 0.4) is 0 Å². The molecule has 1 atom stereocenters. The van der Waals surface area contributed by atoms with Crippen molar-refractivity contribution in [1.29, 1.82) is 0 Å². The molecular formula is C26H27N3O2S. The van der Waals surface area contributed by atoms with Gasteiger partial charge >= 0.3 is 0 Å². The summed E-state index contributed by atoms with van der Waals surface area (Å²) in [5.41, 5.74) is 3.35. The van der Waals surface area contributed by atoms with Gasteiger partial charge in [-0.1, -0.05) is 35.9 Å². The molecule has 3 heterocycles. The summed E-state index contributed by atoms with van der Waals surface area (Å²) in [6, 6.07) is 18.5. The lowest BCUT2D eigenvalue weighted by Crippen LogP contribution is -2.53. The van der Waals surface area contributed by atoms with Gasteiger partial charge in [-0.15, -0.1) is 11.3 Å². The molecule has 2 aromatic carbocycles. The van der Waals surface area contributed by atoms with Gasteiger partial charge in [-0.25, -0.2) is 0 Å². The van der Waals surface area contributed by atoms with Crippen LogP contribution in [-0.4, -0.2) is 41.1 Å². The molecule has 5 rings (SSSR count). The van der Waals surface area contributed by atoms with E-state index in [9.17, 15) is 9.59 Å². The van der Waals surface area contributed by atoms with Crippen LogP contribution in [0.1, 0.15) is 29.1 Å². The van der Waals surface area contributed by atoms with E-state index in [1.165, 1.54) is 22.6 Å². The Morgan fingerprint density at radius 3 is 2.53 bits per heavy atom. The van der Waals surface area contributed by atoms with E-state index in [0.717, 1.165) is 22.1 Å². The maximum atomic E-state index is 13.4. The third-order valence-corrected chi connectivity index (χ3v) is 7.61. The highest BCUT2D eigenvalue weighted by Crippen LogP contribution is 2.32. The van der Waals surface area contributed by atoms with Crippen molar-refractivity contribution in [2.75, 3.05) is 24.5 Å². The van der Waals surface area contributed by atoms with Gasteiger partial charge in [0.25, 0.3) is 11.5 Å². The number of hydrogen-bond donors (Lipinski definition) is 0. The van der Waals surface area contributed by atoms with Crippen LogP contribution in [0.4, 0.5) is 5.69 Å². The number of carbonyl (C=O) groups is 1. The fourth-order valence-electron chi connectivity index (χ4n) is 4.74. The second kappa shape index (κ2) is 8.10. The molecule has 32 heavy (non-hydrogen) atoms. The number of para-hydroxylation sites is 1. The van der Waals surface area contributed by atoms with E-state index >= 15 is 0 Å². The van der Waals surface area contributed by atoms with Gasteiger partial charge in [-0.2, -0.15) is 0 Å². The number of piperazine rings is 1. The second-order valence-corrected chi connectivity index (χ2v) is 9.60. The highest BCUT2D eigenvalue weighted by molar-refractivity contribution is 7.21. The van der Waals surface area contributed by atoms with Gasteiger partial charge in [0, 0.05) is 48.0 Å². The zero-order chi connectivity index (χ0) is 22.4. The number of carbonyl (C=O) groups excluding carboxylic acids is 1. The number of amides is 1. The zero-order valence-electron chi connectivity index (χ0n) is 18.7. The van der Waals surface area contributed by atoms with Gasteiger partial charge < -0.3 is 14.4 Å². The fraction of sp³-hybridized carbons (Fsp3) is 0.308. The molecule has 1 aliphatic heterocycles. The van der Waals surface area contributed by atoms with Crippen LogP contribution in [0.15, 0.2) is 59.4 Å². The highest BCUT2D eigenvalue weighted by Gasteiger charge is 2.29. The van der Waals surface area contributed by atoms with E-state index in [1.54, 1.807) is 10.6 Å². The molecule has 1 aliphatic rings. The maximum absolute atomic E-state index is 13.4.